The molecule has 5 aromatic rings. The fourth-order valence-electron chi connectivity index (χ4n) is 4.47. The van der Waals surface area contributed by atoms with Gasteiger partial charge in [-0.05, 0) is 64.1 Å². The summed E-state index contributed by atoms with van der Waals surface area (Å²) in [6.07, 6.45) is -2.52. The van der Waals surface area contributed by atoms with E-state index in [0.717, 1.165) is 28.3 Å². The number of carboxylic acid groups (broad SMARTS) is 1. The van der Waals surface area contributed by atoms with Crippen LogP contribution < -0.4 is 0 Å². The summed E-state index contributed by atoms with van der Waals surface area (Å²) in [6, 6.07) is 27.8. The first kappa shape index (κ1) is 23.3. The maximum absolute atomic E-state index is 13.8. The van der Waals surface area contributed by atoms with Crippen LogP contribution in [0.3, 0.4) is 0 Å². The lowest BCUT2D eigenvalue weighted by Crippen LogP contribution is -2.07. The smallest absolute Gasteiger partial charge is 0.418 e. The predicted molar refractivity (Wildman–Crippen MR) is 134 cm³/mol. The van der Waals surface area contributed by atoms with Crippen molar-refractivity contribution in [3.63, 3.8) is 0 Å². The molecule has 1 aromatic heterocycles. The molecular formula is C30H20F3NO2. The van der Waals surface area contributed by atoms with Crippen LogP contribution in [0.1, 0.15) is 27.0 Å². The fourth-order valence-corrected chi connectivity index (χ4v) is 4.47. The summed E-state index contributed by atoms with van der Waals surface area (Å²) in [5.74, 6) is -1.03. The molecule has 178 valence electrons. The molecule has 0 radical (unpaired) electrons. The largest absolute Gasteiger partial charge is 0.478 e. The Kier molecular flexibility index (Phi) is 6.02. The van der Waals surface area contributed by atoms with Gasteiger partial charge in [-0.2, -0.15) is 13.2 Å². The number of aromatic nitrogens is 1. The van der Waals surface area contributed by atoms with E-state index in [0.29, 0.717) is 22.9 Å². The summed E-state index contributed by atoms with van der Waals surface area (Å²) < 4.78 is 41.4. The van der Waals surface area contributed by atoms with Crippen molar-refractivity contribution in [2.75, 3.05) is 0 Å². The first-order chi connectivity index (χ1) is 17.3. The highest BCUT2D eigenvalue weighted by molar-refractivity contribution is 5.98. The van der Waals surface area contributed by atoms with Crippen LogP contribution in [0.15, 0.2) is 103 Å². The molecule has 0 bridgehead atoms. The van der Waals surface area contributed by atoms with Crippen LogP contribution in [-0.4, -0.2) is 16.1 Å². The molecule has 4 aromatic carbocycles. The van der Waals surface area contributed by atoms with Crippen molar-refractivity contribution >= 4 is 16.9 Å². The molecule has 0 saturated heterocycles. The minimum Gasteiger partial charge on any atom is -0.478 e. The van der Waals surface area contributed by atoms with E-state index in [1.165, 1.54) is 18.3 Å². The highest BCUT2D eigenvalue weighted by Gasteiger charge is 2.33. The topological polar surface area (TPSA) is 50.2 Å². The van der Waals surface area contributed by atoms with E-state index >= 15 is 0 Å². The van der Waals surface area contributed by atoms with Crippen molar-refractivity contribution in [2.24, 2.45) is 0 Å². The van der Waals surface area contributed by atoms with Crippen molar-refractivity contribution in [1.29, 1.82) is 0 Å². The van der Waals surface area contributed by atoms with Crippen molar-refractivity contribution in [3.8, 4) is 22.3 Å². The quantitative estimate of drug-likeness (QED) is 0.277. The second kappa shape index (κ2) is 9.30. The third-order valence-electron chi connectivity index (χ3n) is 6.11. The number of hydrogen-bond acceptors (Lipinski definition) is 2. The number of benzene rings is 4. The lowest BCUT2D eigenvalue weighted by Gasteiger charge is -2.17. The molecule has 0 fully saturated rings. The monoisotopic (exact) mass is 483 g/mol. The average molecular weight is 483 g/mol. The summed E-state index contributed by atoms with van der Waals surface area (Å²) in [6.45, 7) is 0. The van der Waals surface area contributed by atoms with Gasteiger partial charge in [0.2, 0.25) is 0 Å². The molecule has 6 heteroatoms. The number of halogens is 3. The fraction of sp³-hybridized carbons (Fsp3) is 0.0667. The molecule has 0 aliphatic carbocycles. The average Bonchev–Trinajstić information content (AvgIpc) is 2.88. The van der Waals surface area contributed by atoms with E-state index in [4.69, 9.17) is 0 Å². The summed E-state index contributed by atoms with van der Waals surface area (Å²) in [5.41, 5.74) is 3.95. The van der Waals surface area contributed by atoms with Gasteiger partial charge in [-0.3, -0.25) is 4.98 Å². The number of rotatable bonds is 5. The number of carboxylic acids is 1. The number of nitrogens with zero attached hydrogens (tertiary/aromatic N) is 1. The number of para-hydroxylation sites is 1. The Morgan fingerprint density at radius 3 is 2.17 bits per heavy atom. The van der Waals surface area contributed by atoms with Crippen LogP contribution in [0, 0.1) is 0 Å². The van der Waals surface area contributed by atoms with Crippen LogP contribution in [-0.2, 0) is 12.6 Å². The van der Waals surface area contributed by atoms with Crippen molar-refractivity contribution in [3.05, 3.63) is 126 Å². The van der Waals surface area contributed by atoms with Gasteiger partial charge < -0.3 is 5.11 Å². The molecule has 0 saturated carbocycles. The standard InChI is InChI=1S/C30H20F3NO2/c31-30(32,33)26-14-6-13-25-27(24(18-34-28(25)26)15-19-7-2-1-3-8-19)22-11-4-9-20(16-22)21-10-5-12-23(17-21)29(35)36/h1-14,16-18H,15H2,(H,35,36). The van der Waals surface area contributed by atoms with Crippen LogP contribution >= 0.6 is 0 Å². The Bertz CT molecular complexity index is 1580. The SMILES string of the molecule is O=C(O)c1cccc(-c2cccc(-c3c(Cc4ccccc4)cnc4c(C(F)(F)F)cccc34)c2)c1. The first-order valence-electron chi connectivity index (χ1n) is 11.3. The molecule has 0 amide bonds. The number of alkyl halides is 3. The maximum Gasteiger partial charge on any atom is 0.418 e. The van der Waals surface area contributed by atoms with E-state index in [1.807, 2.05) is 60.7 Å². The lowest BCUT2D eigenvalue weighted by atomic mass is 9.90. The molecular weight excluding hydrogens is 463 g/mol. The molecule has 3 nitrogen and oxygen atoms in total. The number of carbonyl (C=O) groups is 1. The molecule has 1 N–H and O–H groups in total. The minimum atomic E-state index is -4.54. The number of pyridine rings is 1. The Morgan fingerprint density at radius 1 is 0.778 bits per heavy atom. The molecule has 0 aliphatic rings. The van der Waals surface area contributed by atoms with Crippen LogP contribution in [0.4, 0.5) is 13.2 Å². The molecule has 36 heavy (non-hydrogen) atoms. The van der Waals surface area contributed by atoms with E-state index < -0.39 is 17.7 Å². The Balaban J connectivity index is 1.73. The summed E-state index contributed by atoms with van der Waals surface area (Å²) in [7, 11) is 0. The normalized spacial score (nSPS) is 11.5. The Hall–Kier alpha value is -4.45. The van der Waals surface area contributed by atoms with E-state index in [1.54, 1.807) is 18.2 Å². The zero-order valence-corrected chi connectivity index (χ0v) is 19.0. The maximum atomic E-state index is 13.8. The van der Waals surface area contributed by atoms with Crippen LogP contribution in [0.2, 0.25) is 0 Å². The number of fused-ring (bicyclic) bond motifs is 1. The van der Waals surface area contributed by atoms with Gasteiger partial charge in [0.25, 0.3) is 0 Å². The van der Waals surface area contributed by atoms with Crippen molar-refractivity contribution in [2.45, 2.75) is 12.6 Å². The summed E-state index contributed by atoms with van der Waals surface area (Å²) in [5, 5.41) is 9.79. The van der Waals surface area contributed by atoms with Gasteiger partial charge >= 0.3 is 12.1 Å². The third-order valence-corrected chi connectivity index (χ3v) is 6.11. The predicted octanol–water partition coefficient (Wildman–Crippen LogP) is 7.88. The summed E-state index contributed by atoms with van der Waals surface area (Å²) in [4.78, 5) is 15.7. The Labute approximate surface area is 205 Å². The lowest BCUT2D eigenvalue weighted by molar-refractivity contribution is -0.136. The van der Waals surface area contributed by atoms with Crippen molar-refractivity contribution < 1.29 is 23.1 Å². The van der Waals surface area contributed by atoms with E-state index in [2.05, 4.69) is 4.98 Å². The van der Waals surface area contributed by atoms with Crippen molar-refractivity contribution in [1.82, 2.24) is 4.98 Å². The molecule has 0 atom stereocenters. The second-order valence-electron chi connectivity index (χ2n) is 8.49. The molecule has 0 aliphatic heterocycles. The molecule has 1 heterocycles. The second-order valence-corrected chi connectivity index (χ2v) is 8.49. The van der Waals surface area contributed by atoms with Gasteiger partial charge in [0.15, 0.2) is 0 Å². The van der Waals surface area contributed by atoms with Gasteiger partial charge in [-0.15, -0.1) is 0 Å². The zero-order chi connectivity index (χ0) is 25.3. The van der Waals surface area contributed by atoms with Gasteiger partial charge in [0.05, 0.1) is 16.6 Å². The minimum absolute atomic E-state index is 0.102. The molecule has 0 unspecified atom stereocenters. The zero-order valence-electron chi connectivity index (χ0n) is 19.0. The van der Waals surface area contributed by atoms with Gasteiger partial charge in [-0.25, -0.2) is 4.79 Å². The Morgan fingerprint density at radius 2 is 1.44 bits per heavy atom. The van der Waals surface area contributed by atoms with Gasteiger partial charge in [0.1, 0.15) is 0 Å². The highest BCUT2D eigenvalue weighted by Crippen LogP contribution is 2.39. The van der Waals surface area contributed by atoms with Crippen LogP contribution in [0.5, 0.6) is 0 Å². The number of aromatic carboxylic acids is 1. The van der Waals surface area contributed by atoms with Gasteiger partial charge in [0, 0.05) is 11.6 Å². The highest BCUT2D eigenvalue weighted by atomic mass is 19.4. The summed E-state index contributed by atoms with van der Waals surface area (Å²) >= 11 is 0. The van der Waals surface area contributed by atoms with E-state index in [9.17, 15) is 23.1 Å². The molecule has 5 rings (SSSR count). The van der Waals surface area contributed by atoms with E-state index in [-0.39, 0.29) is 11.1 Å². The molecule has 0 spiro atoms. The first-order valence-corrected chi connectivity index (χ1v) is 11.3. The number of hydrogen-bond donors (Lipinski definition) is 1. The van der Waals surface area contributed by atoms with Gasteiger partial charge in [-0.1, -0.05) is 72.8 Å². The van der Waals surface area contributed by atoms with Crippen LogP contribution in [0.25, 0.3) is 33.2 Å². The third kappa shape index (κ3) is 4.58.